The first-order valence-electron chi connectivity index (χ1n) is 5.58. The molecule has 0 radical (unpaired) electrons. The van der Waals surface area contributed by atoms with E-state index < -0.39 is 0 Å². The van der Waals surface area contributed by atoms with Crippen LogP contribution in [0.15, 0.2) is 18.2 Å². The van der Waals surface area contributed by atoms with Crippen molar-refractivity contribution in [2.24, 2.45) is 5.92 Å². The van der Waals surface area contributed by atoms with Crippen LogP contribution >= 0.6 is 0 Å². The third-order valence-electron chi connectivity index (χ3n) is 2.48. The first-order valence-corrected chi connectivity index (χ1v) is 5.58. The smallest absolute Gasteiger partial charge is 0.251 e. The number of benzene rings is 1. The van der Waals surface area contributed by atoms with Crippen LogP contribution in [-0.4, -0.2) is 17.6 Å². The lowest BCUT2D eigenvalue weighted by Gasteiger charge is -2.08. The van der Waals surface area contributed by atoms with Gasteiger partial charge in [0.1, 0.15) is 5.75 Å². The van der Waals surface area contributed by atoms with Crippen LogP contribution in [0.1, 0.15) is 36.2 Å². The summed E-state index contributed by atoms with van der Waals surface area (Å²) in [6.07, 6.45) is 0.962. The Bertz CT molecular complexity index is 372. The van der Waals surface area contributed by atoms with Crippen LogP contribution in [0, 0.1) is 12.8 Å². The fourth-order valence-corrected chi connectivity index (χ4v) is 1.33. The molecule has 1 amide bonds. The lowest BCUT2D eigenvalue weighted by Crippen LogP contribution is -2.25. The second-order valence-electron chi connectivity index (χ2n) is 4.44. The molecular formula is C13H19NO2. The van der Waals surface area contributed by atoms with Gasteiger partial charge in [0.25, 0.3) is 5.91 Å². The van der Waals surface area contributed by atoms with Crippen molar-refractivity contribution < 1.29 is 9.90 Å². The molecular weight excluding hydrogens is 202 g/mol. The Morgan fingerprint density at radius 3 is 2.69 bits per heavy atom. The average molecular weight is 221 g/mol. The first kappa shape index (κ1) is 12.6. The standard InChI is InChI=1S/C13H19NO2/c1-9(2)6-7-14-13(16)11-5-4-10(3)12(15)8-11/h4-5,8-9,15H,6-7H2,1-3H3,(H,14,16). The number of rotatable bonds is 4. The first-order chi connectivity index (χ1) is 7.50. The summed E-state index contributed by atoms with van der Waals surface area (Å²) in [6.45, 7) is 6.70. The molecule has 0 aromatic heterocycles. The molecule has 0 aliphatic rings. The number of hydrogen-bond donors (Lipinski definition) is 2. The lowest BCUT2D eigenvalue weighted by molar-refractivity contribution is 0.0951. The molecule has 0 aliphatic carbocycles. The van der Waals surface area contributed by atoms with Gasteiger partial charge in [0, 0.05) is 12.1 Å². The molecule has 88 valence electrons. The van der Waals surface area contributed by atoms with Crippen LogP contribution in [0.3, 0.4) is 0 Å². The monoisotopic (exact) mass is 221 g/mol. The Labute approximate surface area is 96.5 Å². The summed E-state index contributed by atoms with van der Waals surface area (Å²) < 4.78 is 0. The molecule has 0 fully saturated rings. The molecule has 0 saturated carbocycles. The third-order valence-corrected chi connectivity index (χ3v) is 2.48. The van der Waals surface area contributed by atoms with E-state index in [1.807, 2.05) is 0 Å². The van der Waals surface area contributed by atoms with Gasteiger partial charge >= 0.3 is 0 Å². The predicted octanol–water partition coefficient (Wildman–Crippen LogP) is 2.48. The molecule has 0 bridgehead atoms. The molecule has 2 N–H and O–H groups in total. The van der Waals surface area contributed by atoms with E-state index in [2.05, 4.69) is 19.2 Å². The largest absolute Gasteiger partial charge is 0.508 e. The maximum absolute atomic E-state index is 11.7. The molecule has 16 heavy (non-hydrogen) atoms. The molecule has 1 aromatic rings. The zero-order valence-electron chi connectivity index (χ0n) is 10.1. The summed E-state index contributed by atoms with van der Waals surface area (Å²) in [5, 5.41) is 12.3. The molecule has 0 heterocycles. The van der Waals surface area contributed by atoms with E-state index in [0.717, 1.165) is 12.0 Å². The Kier molecular flexibility index (Phi) is 4.35. The Hall–Kier alpha value is -1.51. The van der Waals surface area contributed by atoms with Gasteiger partial charge in [-0.3, -0.25) is 4.79 Å². The molecule has 3 nitrogen and oxygen atoms in total. The maximum Gasteiger partial charge on any atom is 0.251 e. The summed E-state index contributed by atoms with van der Waals surface area (Å²) >= 11 is 0. The van der Waals surface area contributed by atoms with Gasteiger partial charge in [-0.05, 0) is 37.0 Å². The lowest BCUT2D eigenvalue weighted by atomic mass is 10.1. The summed E-state index contributed by atoms with van der Waals surface area (Å²) in [5.74, 6) is 0.610. The Morgan fingerprint density at radius 2 is 2.12 bits per heavy atom. The number of aryl methyl sites for hydroxylation is 1. The van der Waals surface area contributed by atoms with Crippen molar-refractivity contribution in [1.82, 2.24) is 5.32 Å². The number of nitrogens with one attached hydrogen (secondary N) is 1. The molecule has 3 heteroatoms. The van der Waals surface area contributed by atoms with E-state index in [0.29, 0.717) is 18.0 Å². The SMILES string of the molecule is Cc1ccc(C(=O)NCCC(C)C)cc1O. The van der Waals surface area contributed by atoms with Crippen LogP contribution < -0.4 is 5.32 Å². The van der Waals surface area contributed by atoms with E-state index in [4.69, 9.17) is 0 Å². The number of hydrogen-bond acceptors (Lipinski definition) is 2. The molecule has 0 saturated heterocycles. The minimum atomic E-state index is -0.129. The molecule has 1 rings (SSSR count). The maximum atomic E-state index is 11.7. The molecule has 0 unspecified atom stereocenters. The van der Waals surface area contributed by atoms with Gasteiger partial charge in [-0.25, -0.2) is 0 Å². The number of phenols is 1. The quantitative estimate of drug-likeness (QED) is 0.820. The minimum absolute atomic E-state index is 0.129. The van der Waals surface area contributed by atoms with Crippen molar-refractivity contribution in [2.45, 2.75) is 27.2 Å². The van der Waals surface area contributed by atoms with E-state index in [9.17, 15) is 9.90 Å². The van der Waals surface area contributed by atoms with Crippen molar-refractivity contribution >= 4 is 5.91 Å². The van der Waals surface area contributed by atoms with Gasteiger partial charge in [0.05, 0.1) is 0 Å². The highest BCUT2D eigenvalue weighted by Crippen LogP contribution is 2.17. The topological polar surface area (TPSA) is 49.3 Å². The highest BCUT2D eigenvalue weighted by atomic mass is 16.3. The van der Waals surface area contributed by atoms with Crippen molar-refractivity contribution in [3.63, 3.8) is 0 Å². The number of aromatic hydroxyl groups is 1. The van der Waals surface area contributed by atoms with Crippen molar-refractivity contribution in [2.75, 3.05) is 6.54 Å². The van der Waals surface area contributed by atoms with E-state index in [1.54, 1.807) is 19.1 Å². The number of amides is 1. The molecule has 0 aliphatic heterocycles. The van der Waals surface area contributed by atoms with Gasteiger partial charge in [0.2, 0.25) is 0 Å². The number of carbonyl (C=O) groups is 1. The van der Waals surface area contributed by atoms with Crippen LogP contribution in [-0.2, 0) is 0 Å². The van der Waals surface area contributed by atoms with Crippen LogP contribution in [0.2, 0.25) is 0 Å². The van der Waals surface area contributed by atoms with E-state index in [1.165, 1.54) is 6.07 Å². The zero-order valence-corrected chi connectivity index (χ0v) is 10.1. The summed E-state index contributed by atoms with van der Waals surface area (Å²) in [7, 11) is 0. The third kappa shape index (κ3) is 3.57. The van der Waals surface area contributed by atoms with Crippen LogP contribution in [0.5, 0.6) is 5.75 Å². The van der Waals surface area contributed by atoms with E-state index in [-0.39, 0.29) is 11.7 Å². The number of carbonyl (C=O) groups excluding carboxylic acids is 1. The van der Waals surface area contributed by atoms with E-state index >= 15 is 0 Å². The Balaban J connectivity index is 2.56. The van der Waals surface area contributed by atoms with Gasteiger partial charge in [-0.15, -0.1) is 0 Å². The predicted molar refractivity (Wildman–Crippen MR) is 64.6 cm³/mol. The van der Waals surface area contributed by atoms with Crippen molar-refractivity contribution in [3.8, 4) is 5.75 Å². The van der Waals surface area contributed by atoms with Gasteiger partial charge in [0.15, 0.2) is 0 Å². The summed E-state index contributed by atoms with van der Waals surface area (Å²) in [5.41, 5.74) is 1.28. The second kappa shape index (κ2) is 5.54. The number of phenolic OH excluding ortho intramolecular Hbond substituents is 1. The van der Waals surface area contributed by atoms with Crippen molar-refractivity contribution in [3.05, 3.63) is 29.3 Å². The summed E-state index contributed by atoms with van der Waals surface area (Å²) in [6, 6.07) is 4.96. The fraction of sp³-hybridized carbons (Fsp3) is 0.462. The zero-order chi connectivity index (χ0) is 12.1. The summed E-state index contributed by atoms with van der Waals surface area (Å²) in [4.78, 5) is 11.7. The van der Waals surface area contributed by atoms with Crippen molar-refractivity contribution in [1.29, 1.82) is 0 Å². The van der Waals surface area contributed by atoms with Gasteiger partial charge < -0.3 is 10.4 Å². The fourth-order valence-electron chi connectivity index (χ4n) is 1.33. The normalized spacial score (nSPS) is 10.5. The second-order valence-corrected chi connectivity index (χ2v) is 4.44. The highest BCUT2D eigenvalue weighted by Gasteiger charge is 2.07. The van der Waals surface area contributed by atoms with Gasteiger partial charge in [-0.2, -0.15) is 0 Å². The molecule has 0 atom stereocenters. The average Bonchev–Trinajstić information content (AvgIpc) is 2.21. The molecule has 1 aromatic carbocycles. The van der Waals surface area contributed by atoms with Gasteiger partial charge in [-0.1, -0.05) is 19.9 Å². The molecule has 0 spiro atoms. The highest BCUT2D eigenvalue weighted by molar-refractivity contribution is 5.94. The van der Waals surface area contributed by atoms with Crippen LogP contribution in [0.4, 0.5) is 0 Å². The van der Waals surface area contributed by atoms with Crippen LogP contribution in [0.25, 0.3) is 0 Å². The Morgan fingerprint density at radius 1 is 1.44 bits per heavy atom. The minimum Gasteiger partial charge on any atom is -0.508 e.